The lowest BCUT2D eigenvalue weighted by atomic mass is 9.79. The largest absolute Gasteiger partial charge is 0.469 e. The Morgan fingerprint density at radius 1 is 1.57 bits per heavy atom. The molecule has 0 aliphatic heterocycles. The molecule has 1 rings (SSSR count). The highest BCUT2D eigenvalue weighted by atomic mass is 16.5. The summed E-state index contributed by atoms with van der Waals surface area (Å²) in [6.07, 6.45) is 3.97. The van der Waals surface area contributed by atoms with Crippen molar-refractivity contribution in [1.29, 1.82) is 0 Å². The zero-order valence-corrected chi connectivity index (χ0v) is 8.92. The van der Waals surface area contributed by atoms with E-state index in [1.165, 1.54) is 7.11 Å². The molecule has 0 saturated carbocycles. The number of esters is 1. The predicted molar refractivity (Wildman–Crippen MR) is 52.7 cm³/mol. The molecule has 78 valence electrons. The van der Waals surface area contributed by atoms with Crippen molar-refractivity contribution >= 4 is 11.8 Å². The molecule has 0 aromatic heterocycles. The molecule has 1 atom stereocenters. The molecule has 0 spiro atoms. The van der Waals surface area contributed by atoms with Gasteiger partial charge in [-0.2, -0.15) is 0 Å². The van der Waals surface area contributed by atoms with Gasteiger partial charge in [0.25, 0.3) is 0 Å². The third-order valence-electron chi connectivity index (χ3n) is 2.84. The molecule has 14 heavy (non-hydrogen) atoms. The number of allylic oxidation sites excluding steroid dienone is 2. The van der Waals surface area contributed by atoms with Gasteiger partial charge in [-0.15, -0.1) is 0 Å². The molecule has 0 heterocycles. The summed E-state index contributed by atoms with van der Waals surface area (Å²) < 4.78 is 4.63. The minimum atomic E-state index is -0.307. The summed E-state index contributed by atoms with van der Waals surface area (Å²) in [4.78, 5) is 22.5. The first-order valence-electron chi connectivity index (χ1n) is 4.78. The third-order valence-corrected chi connectivity index (χ3v) is 2.84. The van der Waals surface area contributed by atoms with Crippen molar-refractivity contribution in [2.75, 3.05) is 7.11 Å². The van der Waals surface area contributed by atoms with Gasteiger partial charge in [-0.25, -0.2) is 0 Å². The molecule has 0 bridgehead atoms. The van der Waals surface area contributed by atoms with Crippen molar-refractivity contribution in [3.05, 3.63) is 11.6 Å². The fraction of sp³-hybridized carbons (Fsp3) is 0.636. The topological polar surface area (TPSA) is 43.4 Å². The highest BCUT2D eigenvalue weighted by Gasteiger charge is 2.36. The normalized spacial score (nSPS) is 25.8. The van der Waals surface area contributed by atoms with Crippen molar-refractivity contribution in [2.24, 2.45) is 5.41 Å². The number of carbonyl (C=O) groups is 2. The highest BCUT2D eigenvalue weighted by molar-refractivity contribution is 5.95. The van der Waals surface area contributed by atoms with E-state index in [1.807, 2.05) is 13.0 Å². The number of ether oxygens (including phenoxy) is 1. The second kappa shape index (κ2) is 3.95. The second-order valence-corrected chi connectivity index (χ2v) is 4.03. The van der Waals surface area contributed by atoms with E-state index in [4.69, 9.17) is 0 Å². The summed E-state index contributed by atoms with van der Waals surface area (Å²) in [6.45, 7) is 3.50. The SMILES string of the molecule is COC(=O)CC1(C)CCC=C1C(C)=O. The molecule has 0 aromatic rings. The van der Waals surface area contributed by atoms with E-state index in [9.17, 15) is 9.59 Å². The van der Waals surface area contributed by atoms with E-state index in [1.54, 1.807) is 6.92 Å². The van der Waals surface area contributed by atoms with Gasteiger partial charge in [-0.05, 0) is 25.3 Å². The Labute approximate surface area is 84.1 Å². The molecule has 3 heteroatoms. The van der Waals surface area contributed by atoms with Crippen LogP contribution in [0.4, 0.5) is 0 Å². The van der Waals surface area contributed by atoms with Gasteiger partial charge < -0.3 is 4.74 Å². The Kier molecular flexibility index (Phi) is 3.09. The Bertz CT molecular complexity index is 291. The summed E-state index contributed by atoms with van der Waals surface area (Å²) in [7, 11) is 1.37. The lowest BCUT2D eigenvalue weighted by Gasteiger charge is -2.25. The molecule has 0 radical (unpaired) electrons. The average molecular weight is 196 g/mol. The van der Waals surface area contributed by atoms with Crippen LogP contribution in [0.15, 0.2) is 11.6 Å². The lowest BCUT2D eigenvalue weighted by molar-refractivity contribution is -0.142. The van der Waals surface area contributed by atoms with Crippen molar-refractivity contribution < 1.29 is 14.3 Å². The molecule has 1 unspecified atom stereocenters. The summed E-state index contributed by atoms with van der Waals surface area (Å²) in [5.41, 5.74) is 0.474. The Balaban J connectivity index is 2.79. The quantitative estimate of drug-likeness (QED) is 0.647. The van der Waals surface area contributed by atoms with Crippen LogP contribution < -0.4 is 0 Å². The number of hydrogen-bond donors (Lipinski definition) is 0. The van der Waals surface area contributed by atoms with Crippen LogP contribution in [0.3, 0.4) is 0 Å². The minimum Gasteiger partial charge on any atom is -0.469 e. The van der Waals surface area contributed by atoms with Gasteiger partial charge in [0.05, 0.1) is 13.5 Å². The Morgan fingerprint density at radius 3 is 2.71 bits per heavy atom. The van der Waals surface area contributed by atoms with Gasteiger partial charge in [-0.3, -0.25) is 9.59 Å². The molecule has 0 N–H and O–H groups in total. The number of methoxy groups -OCH3 is 1. The fourth-order valence-corrected chi connectivity index (χ4v) is 2.06. The van der Waals surface area contributed by atoms with E-state index < -0.39 is 0 Å². The smallest absolute Gasteiger partial charge is 0.306 e. The molecular formula is C11H16O3. The molecule has 0 amide bonds. The van der Waals surface area contributed by atoms with Crippen molar-refractivity contribution in [1.82, 2.24) is 0 Å². The van der Waals surface area contributed by atoms with E-state index in [-0.39, 0.29) is 17.2 Å². The number of hydrogen-bond acceptors (Lipinski definition) is 3. The average Bonchev–Trinajstić information content (AvgIpc) is 2.46. The van der Waals surface area contributed by atoms with Crippen LogP contribution in [0.1, 0.15) is 33.1 Å². The van der Waals surface area contributed by atoms with E-state index in [2.05, 4.69) is 4.74 Å². The Hall–Kier alpha value is -1.12. The first-order chi connectivity index (χ1) is 6.49. The van der Waals surface area contributed by atoms with Crippen LogP contribution in [0.5, 0.6) is 0 Å². The van der Waals surface area contributed by atoms with Crippen molar-refractivity contribution in [3.8, 4) is 0 Å². The van der Waals surface area contributed by atoms with Gasteiger partial charge in [-0.1, -0.05) is 13.0 Å². The maximum absolute atomic E-state index is 11.3. The number of Topliss-reactive ketones (excluding diaryl/α,β-unsaturated/α-hetero) is 1. The van der Waals surface area contributed by atoms with E-state index in [0.29, 0.717) is 6.42 Å². The second-order valence-electron chi connectivity index (χ2n) is 4.03. The zero-order valence-electron chi connectivity index (χ0n) is 8.92. The predicted octanol–water partition coefficient (Wildman–Crippen LogP) is 1.86. The zero-order chi connectivity index (χ0) is 10.8. The monoisotopic (exact) mass is 196 g/mol. The molecule has 3 nitrogen and oxygen atoms in total. The molecule has 1 aliphatic carbocycles. The molecule has 1 aliphatic rings. The summed E-state index contributed by atoms with van der Waals surface area (Å²) in [5, 5.41) is 0. The summed E-state index contributed by atoms with van der Waals surface area (Å²) in [6, 6.07) is 0. The van der Waals surface area contributed by atoms with Crippen molar-refractivity contribution in [3.63, 3.8) is 0 Å². The van der Waals surface area contributed by atoms with Gasteiger partial charge in [0.2, 0.25) is 0 Å². The maximum atomic E-state index is 11.3. The fourth-order valence-electron chi connectivity index (χ4n) is 2.06. The minimum absolute atomic E-state index is 0.0638. The van der Waals surface area contributed by atoms with Gasteiger partial charge in [0.15, 0.2) is 5.78 Å². The molecule has 0 saturated heterocycles. The van der Waals surface area contributed by atoms with Crippen LogP contribution in [0, 0.1) is 5.41 Å². The molecular weight excluding hydrogens is 180 g/mol. The first kappa shape index (κ1) is 11.0. The van der Waals surface area contributed by atoms with Gasteiger partial charge in [0, 0.05) is 5.41 Å². The highest BCUT2D eigenvalue weighted by Crippen LogP contribution is 2.42. The first-order valence-corrected chi connectivity index (χ1v) is 4.78. The van der Waals surface area contributed by atoms with Gasteiger partial charge >= 0.3 is 5.97 Å². The van der Waals surface area contributed by atoms with Crippen LogP contribution in [0.2, 0.25) is 0 Å². The Morgan fingerprint density at radius 2 is 2.21 bits per heavy atom. The van der Waals surface area contributed by atoms with Crippen LogP contribution >= 0.6 is 0 Å². The van der Waals surface area contributed by atoms with Crippen LogP contribution in [-0.2, 0) is 14.3 Å². The molecule has 0 fully saturated rings. The van der Waals surface area contributed by atoms with E-state index in [0.717, 1.165) is 18.4 Å². The summed E-state index contributed by atoms with van der Waals surface area (Å²) >= 11 is 0. The number of ketones is 1. The van der Waals surface area contributed by atoms with Crippen molar-refractivity contribution in [2.45, 2.75) is 33.1 Å². The summed E-state index contributed by atoms with van der Waals surface area (Å²) in [5.74, 6) is -0.185. The lowest BCUT2D eigenvalue weighted by Crippen LogP contribution is -2.24. The van der Waals surface area contributed by atoms with E-state index >= 15 is 0 Å². The molecule has 0 aromatic carbocycles. The standard InChI is InChI=1S/C11H16O3/c1-8(12)9-5-4-6-11(9,2)7-10(13)14-3/h5H,4,6-7H2,1-3H3. The number of carbonyl (C=O) groups excluding carboxylic acids is 2. The van der Waals surface area contributed by atoms with Crippen LogP contribution in [-0.4, -0.2) is 18.9 Å². The maximum Gasteiger partial charge on any atom is 0.306 e. The number of rotatable bonds is 3. The third kappa shape index (κ3) is 2.03. The van der Waals surface area contributed by atoms with Crippen LogP contribution in [0.25, 0.3) is 0 Å². The van der Waals surface area contributed by atoms with Gasteiger partial charge in [0.1, 0.15) is 0 Å².